The first-order valence-corrected chi connectivity index (χ1v) is 27.3. The monoisotopic (exact) mass is 873 g/mol. The number of allylic oxidation sites excluding steroid dienone is 4. The van der Waals surface area contributed by atoms with E-state index in [0.29, 0.717) is 19.3 Å². The molecule has 1 unspecified atom stereocenters. The third kappa shape index (κ3) is 48.9. The third-order valence-corrected chi connectivity index (χ3v) is 12.2. The van der Waals surface area contributed by atoms with E-state index >= 15 is 0 Å². The van der Waals surface area contributed by atoms with Crippen molar-refractivity contribution < 1.29 is 28.6 Å². The molecule has 0 spiro atoms. The van der Waals surface area contributed by atoms with Crippen LogP contribution in [0.15, 0.2) is 24.3 Å². The van der Waals surface area contributed by atoms with Gasteiger partial charge in [-0.3, -0.25) is 14.4 Å². The maximum Gasteiger partial charge on any atom is 0.306 e. The van der Waals surface area contributed by atoms with Gasteiger partial charge in [-0.05, 0) is 70.6 Å². The van der Waals surface area contributed by atoms with Gasteiger partial charge < -0.3 is 14.2 Å². The first-order valence-electron chi connectivity index (χ1n) is 27.3. The number of rotatable bonds is 50. The number of esters is 3. The van der Waals surface area contributed by atoms with Crippen LogP contribution in [-0.2, 0) is 28.6 Å². The lowest BCUT2D eigenvalue weighted by Gasteiger charge is -2.18. The molecule has 0 bridgehead atoms. The Balaban J connectivity index is 4.33. The molecule has 1 atom stereocenters. The molecule has 0 aliphatic carbocycles. The molecule has 0 amide bonds. The summed E-state index contributed by atoms with van der Waals surface area (Å²) in [5, 5.41) is 0. The molecule has 0 rings (SSSR count). The van der Waals surface area contributed by atoms with Crippen molar-refractivity contribution in [3.63, 3.8) is 0 Å². The van der Waals surface area contributed by atoms with Gasteiger partial charge in [0.05, 0.1) is 0 Å². The van der Waals surface area contributed by atoms with E-state index in [0.717, 1.165) is 64.2 Å². The number of unbranched alkanes of at least 4 members (excludes halogenated alkanes) is 35. The Morgan fingerprint density at radius 1 is 0.306 bits per heavy atom. The largest absolute Gasteiger partial charge is 0.462 e. The summed E-state index contributed by atoms with van der Waals surface area (Å²) in [4.78, 5) is 38.0. The van der Waals surface area contributed by atoms with Crippen molar-refractivity contribution in [1.82, 2.24) is 0 Å². The predicted molar refractivity (Wildman–Crippen MR) is 266 cm³/mol. The molecule has 0 fully saturated rings. The zero-order chi connectivity index (χ0) is 45.1. The van der Waals surface area contributed by atoms with E-state index < -0.39 is 6.10 Å². The van der Waals surface area contributed by atoms with Crippen LogP contribution in [0.4, 0.5) is 0 Å². The van der Waals surface area contributed by atoms with Crippen LogP contribution >= 0.6 is 0 Å². The summed E-state index contributed by atoms with van der Waals surface area (Å²) in [6.45, 7) is 6.65. The molecule has 6 heteroatoms. The van der Waals surface area contributed by atoms with E-state index in [1.54, 1.807) is 0 Å². The van der Waals surface area contributed by atoms with E-state index in [1.807, 2.05) is 0 Å². The maximum atomic E-state index is 12.8. The Bertz CT molecular complexity index is 1000. The Morgan fingerprint density at radius 3 is 0.806 bits per heavy atom. The van der Waals surface area contributed by atoms with E-state index in [-0.39, 0.29) is 31.1 Å². The molecule has 0 aromatic carbocycles. The van der Waals surface area contributed by atoms with Crippen molar-refractivity contribution in [2.24, 2.45) is 0 Å². The molecule has 0 aliphatic heterocycles. The van der Waals surface area contributed by atoms with Gasteiger partial charge in [-0.25, -0.2) is 0 Å². The molecule has 0 heterocycles. The Hall–Kier alpha value is -2.11. The van der Waals surface area contributed by atoms with Gasteiger partial charge in [0.25, 0.3) is 0 Å². The fourth-order valence-electron chi connectivity index (χ4n) is 8.02. The molecule has 0 saturated carbocycles. The SMILES string of the molecule is CCCCCCC/C=C\CCCCCCCC(=O)OC(COC(=O)CCCCCCCCC/C=C\CCCCCCCCC)COC(=O)CCCCCCCCCCCCCC. The zero-order valence-corrected chi connectivity index (χ0v) is 41.7. The fraction of sp³-hybridized carbons (Fsp3) is 0.875. The molecule has 0 N–H and O–H groups in total. The standard InChI is InChI=1S/C56H104O6/c1-4-7-10-13-16-19-22-25-27-28-29-30-32-34-37-40-43-46-49-55(58)61-52-53(51-60-54(57)48-45-42-39-36-33-24-21-18-15-12-9-6-3)62-56(59)50-47-44-41-38-35-31-26-23-20-17-14-11-8-5-2/h23,26-28,53H,4-22,24-25,29-52H2,1-3H3/b26-23-,28-27-. The summed E-state index contributed by atoms with van der Waals surface area (Å²) >= 11 is 0. The molecule has 0 aliphatic rings. The van der Waals surface area contributed by atoms with Crippen LogP contribution in [-0.4, -0.2) is 37.2 Å². The second kappa shape index (κ2) is 51.5. The van der Waals surface area contributed by atoms with Gasteiger partial charge in [0.15, 0.2) is 6.10 Å². The Labute approximate surface area is 385 Å². The van der Waals surface area contributed by atoms with Crippen molar-refractivity contribution in [1.29, 1.82) is 0 Å². The summed E-state index contributed by atoms with van der Waals surface area (Å²) in [6, 6.07) is 0. The van der Waals surface area contributed by atoms with Gasteiger partial charge in [-0.2, -0.15) is 0 Å². The minimum Gasteiger partial charge on any atom is -0.462 e. The lowest BCUT2D eigenvalue weighted by Crippen LogP contribution is -2.30. The summed E-state index contributed by atoms with van der Waals surface area (Å²) in [5.41, 5.74) is 0. The minimum absolute atomic E-state index is 0.0721. The highest BCUT2D eigenvalue weighted by Gasteiger charge is 2.19. The maximum absolute atomic E-state index is 12.8. The number of hydrogen-bond donors (Lipinski definition) is 0. The van der Waals surface area contributed by atoms with Crippen LogP contribution in [0.1, 0.15) is 297 Å². The van der Waals surface area contributed by atoms with Gasteiger partial charge in [0.1, 0.15) is 13.2 Å². The van der Waals surface area contributed by atoms with Crippen LogP contribution in [0.25, 0.3) is 0 Å². The topological polar surface area (TPSA) is 78.9 Å². The average molecular weight is 873 g/mol. The molecule has 364 valence electrons. The predicted octanol–water partition coefficient (Wildman–Crippen LogP) is 17.9. The first kappa shape index (κ1) is 59.9. The number of hydrogen-bond acceptors (Lipinski definition) is 6. The van der Waals surface area contributed by atoms with Crippen molar-refractivity contribution in [2.75, 3.05) is 13.2 Å². The quantitative estimate of drug-likeness (QED) is 0.0262. The number of carbonyl (C=O) groups is 3. The summed E-state index contributed by atoms with van der Waals surface area (Å²) in [5.74, 6) is -0.870. The van der Waals surface area contributed by atoms with Crippen molar-refractivity contribution in [3.05, 3.63) is 24.3 Å². The van der Waals surface area contributed by atoms with Crippen LogP contribution in [0.2, 0.25) is 0 Å². The number of ether oxygens (including phenoxy) is 3. The van der Waals surface area contributed by atoms with E-state index in [2.05, 4.69) is 45.1 Å². The normalized spacial score (nSPS) is 12.1. The Kier molecular flexibility index (Phi) is 49.8. The molecule has 62 heavy (non-hydrogen) atoms. The van der Waals surface area contributed by atoms with E-state index in [1.165, 1.54) is 193 Å². The van der Waals surface area contributed by atoms with Crippen LogP contribution in [0.3, 0.4) is 0 Å². The fourth-order valence-corrected chi connectivity index (χ4v) is 8.02. The van der Waals surface area contributed by atoms with E-state index in [4.69, 9.17) is 14.2 Å². The molecule has 6 nitrogen and oxygen atoms in total. The van der Waals surface area contributed by atoms with Gasteiger partial charge in [-0.1, -0.05) is 231 Å². The van der Waals surface area contributed by atoms with Gasteiger partial charge in [0, 0.05) is 19.3 Å². The molecular formula is C56H104O6. The molecule has 0 aromatic heterocycles. The number of carbonyl (C=O) groups excluding carboxylic acids is 3. The average Bonchev–Trinajstić information content (AvgIpc) is 3.27. The highest BCUT2D eigenvalue weighted by molar-refractivity contribution is 5.71. The van der Waals surface area contributed by atoms with Crippen molar-refractivity contribution >= 4 is 17.9 Å². The first-order chi connectivity index (χ1) is 30.5. The van der Waals surface area contributed by atoms with Crippen LogP contribution in [0, 0.1) is 0 Å². The zero-order valence-electron chi connectivity index (χ0n) is 41.7. The van der Waals surface area contributed by atoms with Gasteiger partial charge >= 0.3 is 17.9 Å². The highest BCUT2D eigenvalue weighted by Crippen LogP contribution is 2.16. The lowest BCUT2D eigenvalue weighted by molar-refractivity contribution is -0.167. The summed E-state index contributed by atoms with van der Waals surface area (Å²) in [7, 11) is 0. The van der Waals surface area contributed by atoms with Crippen molar-refractivity contribution in [3.8, 4) is 0 Å². The molecule has 0 saturated heterocycles. The second-order valence-electron chi connectivity index (χ2n) is 18.5. The van der Waals surface area contributed by atoms with Crippen LogP contribution < -0.4 is 0 Å². The van der Waals surface area contributed by atoms with Crippen LogP contribution in [0.5, 0.6) is 0 Å². The Morgan fingerprint density at radius 2 is 0.532 bits per heavy atom. The third-order valence-electron chi connectivity index (χ3n) is 12.2. The molecule has 0 radical (unpaired) electrons. The smallest absolute Gasteiger partial charge is 0.306 e. The highest BCUT2D eigenvalue weighted by atomic mass is 16.6. The molecular weight excluding hydrogens is 769 g/mol. The van der Waals surface area contributed by atoms with Gasteiger partial charge in [0.2, 0.25) is 0 Å². The summed E-state index contributed by atoms with van der Waals surface area (Å²) < 4.78 is 16.8. The minimum atomic E-state index is -0.772. The van der Waals surface area contributed by atoms with Crippen molar-refractivity contribution in [2.45, 2.75) is 303 Å². The van der Waals surface area contributed by atoms with Gasteiger partial charge in [-0.15, -0.1) is 0 Å². The lowest BCUT2D eigenvalue weighted by atomic mass is 10.0. The van der Waals surface area contributed by atoms with E-state index in [9.17, 15) is 14.4 Å². The molecule has 0 aromatic rings. The summed E-state index contributed by atoms with van der Waals surface area (Å²) in [6.07, 6.45) is 58.7. The second-order valence-corrected chi connectivity index (χ2v) is 18.5.